The number of nitrogens with zero attached hydrogens (tertiary/aromatic N) is 4. The summed E-state index contributed by atoms with van der Waals surface area (Å²) in [5.41, 5.74) is 0.617. The van der Waals surface area contributed by atoms with E-state index in [-0.39, 0.29) is 0 Å². The van der Waals surface area contributed by atoms with Gasteiger partial charge in [-0.25, -0.2) is 0 Å². The van der Waals surface area contributed by atoms with Gasteiger partial charge in [-0.15, -0.1) is 5.10 Å². The molecule has 1 saturated heterocycles. The van der Waals surface area contributed by atoms with Crippen LogP contribution in [-0.4, -0.2) is 42.5 Å². The molecule has 6 heteroatoms. The van der Waals surface area contributed by atoms with E-state index in [1.807, 2.05) is 24.3 Å². The summed E-state index contributed by atoms with van der Waals surface area (Å²) in [6, 6.07) is 13.7. The minimum Gasteiger partial charge on any atom is -0.492 e. The van der Waals surface area contributed by atoms with Crippen LogP contribution in [0.5, 0.6) is 5.75 Å². The van der Waals surface area contributed by atoms with Crippen LogP contribution in [0.15, 0.2) is 42.6 Å². The average molecular weight is 323 g/mol. The molecule has 0 amide bonds. The molecule has 0 saturated carbocycles. The predicted octanol–water partition coefficient (Wildman–Crippen LogP) is 1.99. The first-order valence-corrected chi connectivity index (χ1v) is 8.25. The van der Waals surface area contributed by atoms with Crippen molar-refractivity contribution in [2.75, 3.05) is 31.1 Å². The SMILES string of the molecule is N#Cc1cccc(OCCNC[C@H]2CCCN2c2cccnn2)c1. The maximum absolute atomic E-state index is 8.88. The van der Waals surface area contributed by atoms with Crippen LogP contribution in [0.1, 0.15) is 18.4 Å². The lowest BCUT2D eigenvalue weighted by Crippen LogP contribution is -2.39. The van der Waals surface area contributed by atoms with Gasteiger partial charge in [0, 0.05) is 31.9 Å². The highest BCUT2D eigenvalue weighted by atomic mass is 16.5. The van der Waals surface area contributed by atoms with Gasteiger partial charge < -0.3 is 15.0 Å². The van der Waals surface area contributed by atoms with E-state index < -0.39 is 0 Å². The minimum absolute atomic E-state index is 0.448. The zero-order chi connectivity index (χ0) is 16.6. The number of rotatable bonds is 7. The van der Waals surface area contributed by atoms with E-state index in [2.05, 4.69) is 26.5 Å². The Morgan fingerprint density at radius 1 is 1.33 bits per heavy atom. The molecule has 1 N–H and O–H groups in total. The molecule has 0 bridgehead atoms. The van der Waals surface area contributed by atoms with Gasteiger partial charge in [-0.3, -0.25) is 0 Å². The molecule has 1 aliphatic heterocycles. The fourth-order valence-corrected chi connectivity index (χ4v) is 2.96. The number of nitriles is 1. The molecule has 3 rings (SSSR count). The first-order chi connectivity index (χ1) is 11.9. The molecule has 1 aromatic heterocycles. The van der Waals surface area contributed by atoms with Gasteiger partial charge in [0.2, 0.25) is 0 Å². The second-order valence-corrected chi connectivity index (χ2v) is 5.76. The lowest BCUT2D eigenvalue weighted by Gasteiger charge is -2.25. The van der Waals surface area contributed by atoms with Crippen molar-refractivity contribution in [3.63, 3.8) is 0 Å². The third-order valence-corrected chi connectivity index (χ3v) is 4.12. The summed E-state index contributed by atoms with van der Waals surface area (Å²) >= 11 is 0. The molecule has 1 aromatic carbocycles. The Morgan fingerprint density at radius 3 is 3.12 bits per heavy atom. The van der Waals surface area contributed by atoms with Crippen molar-refractivity contribution < 1.29 is 4.74 Å². The van der Waals surface area contributed by atoms with E-state index in [1.54, 1.807) is 18.3 Å². The maximum Gasteiger partial charge on any atom is 0.151 e. The highest BCUT2D eigenvalue weighted by Gasteiger charge is 2.25. The van der Waals surface area contributed by atoms with Crippen LogP contribution in [-0.2, 0) is 0 Å². The van der Waals surface area contributed by atoms with Gasteiger partial charge in [0.1, 0.15) is 12.4 Å². The van der Waals surface area contributed by atoms with Gasteiger partial charge in [-0.2, -0.15) is 10.4 Å². The smallest absolute Gasteiger partial charge is 0.151 e. The third-order valence-electron chi connectivity index (χ3n) is 4.12. The zero-order valence-corrected chi connectivity index (χ0v) is 13.6. The van der Waals surface area contributed by atoms with E-state index in [1.165, 1.54) is 6.42 Å². The molecule has 0 unspecified atom stereocenters. The minimum atomic E-state index is 0.448. The number of benzene rings is 1. The van der Waals surface area contributed by atoms with Crippen LogP contribution in [0, 0.1) is 11.3 Å². The largest absolute Gasteiger partial charge is 0.492 e. The molecule has 2 aromatic rings. The third kappa shape index (κ3) is 4.21. The van der Waals surface area contributed by atoms with Crippen LogP contribution in [0.2, 0.25) is 0 Å². The summed E-state index contributed by atoms with van der Waals surface area (Å²) in [4.78, 5) is 2.32. The molecule has 1 fully saturated rings. The molecule has 1 aliphatic rings. The Morgan fingerprint density at radius 2 is 2.29 bits per heavy atom. The molecule has 1 atom stereocenters. The van der Waals surface area contributed by atoms with Gasteiger partial charge in [-0.05, 0) is 43.2 Å². The quantitative estimate of drug-likeness (QED) is 0.786. The Kier molecular flexibility index (Phi) is 5.59. The van der Waals surface area contributed by atoms with Gasteiger partial charge in [-0.1, -0.05) is 6.07 Å². The highest BCUT2D eigenvalue weighted by Crippen LogP contribution is 2.22. The summed E-state index contributed by atoms with van der Waals surface area (Å²) < 4.78 is 5.68. The fourth-order valence-electron chi connectivity index (χ4n) is 2.96. The van der Waals surface area contributed by atoms with Crippen molar-refractivity contribution in [1.29, 1.82) is 5.26 Å². The van der Waals surface area contributed by atoms with E-state index >= 15 is 0 Å². The fraction of sp³-hybridized carbons (Fsp3) is 0.389. The van der Waals surface area contributed by atoms with Crippen molar-refractivity contribution in [2.24, 2.45) is 0 Å². The first kappa shape index (κ1) is 16.2. The normalized spacial score (nSPS) is 16.8. The van der Waals surface area contributed by atoms with Gasteiger partial charge in [0.25, 0.3) is 0 Å². The Hall–Kier alpha value is -2.65. The summed E-state index contributed by atoms with van der Waals surface area (Å²) in [5, 5.41) is 20.5. The number of aromatic nitrogens is 2. The number of hydrogen-bond acceptors (Lipinski definition) is 6. The molecule has 0 spiro atoms. The summed E-state index contributed by atoms with van der Waals surface area (Å²) in [6.45, 7) is 3.27. The van der Waals surface area contributed by atoms with Crippen molar-refractivity contribution in [1.82, 2.24) is 15.5 Å². The van der Waals surface area contributed by atoms with Crippen LogP contribution in [0.3, 0.4) is 0 Å². The van der Waals surface area contributed by atoms with E-state index in [9.17, 15) is 0 Å². The summed E-state index contributed by atoms with van der Waals surface area (Å²) in [6.07, 6.45) is 4.04. The van der Waals surface area contributed by atoms with Crippen LogP contribution in [0.25, 0.3) is 0 Å². The van der Waals surface area contributed by atoms with Crippen LogP contribution in [0.4, 0.5) is 5.82 Å². The number of ether oxygens (including phenoxy) is 1. The molecule has 2 heterocycles. The Balaban J connectivity index is 1.41. The van der Waals surface area contributed by atoms with Gasteiger partial charge in [0.15, 0.2) is 5.82 Å². The second-order valence-electron chi connectivity index (χ2n) is 5.76. The molecule has 0 radical (unpaired) electrons. The zero-order valence-electron chi connectivity index (χ0n) is 13.6. The van der Waals surface area contributed by atoms with Crippen molar-refractivity contribution in [2.45, 2.75) is 18.9 Å². The Bertz CT molecular complexity index is 685. The molecule has 24 heavy (non-hydrogen) atoms. The predicted molar refractivity (Wildman–Crippen MR) is 91.9 cm³/mol. The topological polar surface area (TPSA) is 74.1 Å². The molecule has 6 nitrogen and oxygen atoms in total. The monoisotopic (exact) mass is 323 g/mol. The maximum atomic E-state index is 8.88. The Labute approximate surface area is 142 Å². The average Bonchev–Trinajstić information content (AvgIpc) is 3.11. The van der Waals surface area contributed by atoms with Gasteiger partial charge in [0.05, 0.1) is 11.6 Å². The molecular formula is C18H21N5O. The second kappa shape index (κ2) is 8.27. The van der Waals surface area contributed by atoms with E-state index in [0.717, 1.165) is 37.6 Å². The number of nitrogens with one attached hydrogen (secondary N) is 1. The van der Waals surface area contributed by atoms with Crippen molar-refractivity contribution >= 4 is 5.82 Å². The van der Waals surface area contributed by atoms with Crippen molar-refractivity contribution in [3.05, 3.63) is 48.2 Å². The van der Waals surface area contributed by atoms with Crippen molar-refractivity contribution in [3.8, 4) is 11.8 Å². The number of anilines is 1. The van der Waals surface area contributed by atoms with Crippen LogP contribution >= 0.6 is 0 Å². The standard InChI is InChI=1S/C18H21N5O/c19-13-15-4-1-6-17(12-15)24-11-9-20-14-16-5-3-10-23(16)18-7-2-8-21-22-18/h1-2,4,6-8,12,16,20H,3,5,9-11,14H2/t16-/m1/s1. The van der Waals surface area contributed by atoms with Gasteiger partial charge >= 0.3 is 0 Å². The van der Waals surface area contributed by atoms with E-state index in [4.69, 9.17) is 10.00 Å². The molecule has 0 aliphatic carbocycles. The lowest BCUT2D eigenvalue weighted by atomic mass is 10.2. The molecule has 124 valence electrons. The summed E-state index contributed by atoms with van der Waals surface area (Å²) in [5.74, 6) is 1.68. The highest BCUT2D eigenvalue weighted by molar-refractivity contribution is 5.39. The summed E-state index contributed by atoms with van der Waals surface area (Å²) in [7, 11) is 0. The van der Waals surface area contributed by atoms with E-state index in [0.29, 0.717) is 18.2 Å². The first-order valence-electron chi connectivity index (χ1n) is 8.25. The lowest BCUT2D eigenvalue weighted by molar-refractivity contribution is 0.312. The molecular weight excluding hydrogens is 302 g/mol. The van der Waals surface area contributed by atoms with Crippen LogP contribution < -0.4 is 15.0 Å². The number of hydrogen-bond donors (Lipinski definition) is 1.